The summed E-state index contributed by atoms with van der Waals surface area (Å²) in [4.78, 5) is 25.9. The van der Waals surface area contributed by atoms with Gasteiger partial charge in [0.2, 0.25) is 0 Å². The SMILES string of the molecule is NC1=NC(=O)NC(=O)/C1=C/c1ccc(Br)cc1. The van der Waals surface area contributed by atoms with Crippen LogP contribution in [0.3, 0.4) is 0 Å². The Morgan fingerprint density at radius 1 is 1.24 bits per heavy atom. The standard InChI is InChI=1S/C11H8BrN3O2/c12-7-3-1-6(2-4-7)5-8-9(13)14-11(17)15-10(8)16/h1-5H,(H3,13,14,15,16,17)/b8-5+. The molecule has 1 aromatic carbocycles. The molecule has 0 aliphatic carbocycles. The second-order valence-corrected chi connectivity index (χ2v) is 4.28. The third kappa shape index (κ3) is 2.59. The largest absolute Gasteiger partial charge is 0.383 e. The van der Waals surface area contributed by atoms with E-state index in [9.17, 15) is 9.59 Å². The minimum Gasteiger partial charge on any atom is -0.383 e. The Labute approximate surface area is 106 Å². The lowest BCUT2D eigenvalue weighted by Gasteiger charge is -2.11. The van der Waals surface area contributed by atoms with Gasteiger partial charge < -0.3 is 5.73 Å². The molecule has 0 saturated carbocycles. The zero-order valence-corrected chi connectivity index (χ0v) is 10.2. The number of nitrogens with two attached hydrogens (primary N) is 1. The van der Waals surface area contributed by atoms with Crippen molar-refractivity contribution in [2.24, 2.45) is 10.7 Å². The Morgan fingerprint density at radius 2 is 1.88 bits per heavy atom. The second-order valence-electron chi connectivity index (χ2n) is 3.37. The Bertz CT molecular complexity index is 546. The third-order valence-corrected chi connectivity index (χ3v) is 2.67. The summed E-state index contributed by atoms with van der Waals surface area (Å²) in [7, 11) is 0. The highest BCUT2D eigenvalue weighted by molar-refractivity contribution is 9.10. The van der Waals surface area contributed by atoms with E-state index in [4.69, 9.17) is 5.73 Å². The van der Waals surface area contributed by atoms with Gasteiger partial charge in [-0.05, 0) is 23.8 Å². The van der Waals surface area contributed by atoms with E-state index in [2.05, 4.69) is 26.2 Å². The lowest BCUT2D eigenvalue weighted by Crippen LogP contribution is -2.40. The molecule has 2 rings (SSSR count). The van der Waals surface area contributed by atoms with E-state index in [1.165, 1.54) is 0 Å². The van der Waals surface area contributed by atoms with E-state index in [-0.39, 0.29) is 11.4 Å². The molecule has 1 aromatic rings. The number of nitrogens with zero attached hydrogens (tertiary/aromatic N) is 1. The van der Waals surface area contributed by atoms with Gasteiger partial charge in [0.15, 0.2) is 0 Å². The average molecular weight is 294 g/mol. The van der Waals surface area contributed by atoms with Crippen LogP contribution in [0, 0.1) is 0 Å². The van der Waals surface area contributed by atoms with Gasteiger partial charge in [-0.25, -0.2) is 4.79 Å². The molecule has 0 radical (unpaired) electrons. The van der Waals surface area contributed by atoms with E-state index in [0.29, 0.717) is 0 Å². The van der Waals surface area contributed by atoms with Crippen molar-refractivity contribution >= 4 is 39.8 Å². The molecule has 6 heteroatoms. The monoisotopic (exact) mass is 293 g/mol. The molecule has 0 bridgehead atoms. The highest BCUT2D eigenvalue weighted by atomic mass is 79.9. The van der Waals surface area contributed by atoms with E-state index in [1.54, 1.807) is 6.08 Å². The molecular formula is C11H8BrN3O2. The van der Waals surface area contributed by atoms with Gasteiger partial charge in [0.25, 0.3) is 5.91 Å². The fourth-order valence-corrected chi connectivity index (χ4v) is 1.61. The first-order valence-electron chi connectivity index (χ1n) is 4.73. The van der Waals surface area contributed by atoms with Crippen LogP contribution in [0.2, 0.25) is 0 Å². The maximum Gasteiger partial charge on any atom is 0.349 e. The molecule has 0 spiro atoms. The van der Waals surface area contributed by atoms with Crippen molar-refractivity contribution in [3.05, 3.63) is 39.9 Å². The number of amides is 3. The molecule has 0 aromatic heterocycles. The molecule has 17 heavy (non-hydrogen) atoms. The minimum absolute atomic E-state index is 0.0679. The van der Waals surface area contributed by atoms with E-state index >= 15 is 0 Å². The van der Waals surface area contributed by atoms with Gasteiger partial charge in [-0.15, -0.1) is 0 Å². The maximum atomic E-state index is 11.5. The predicted molar refractivity (Wildman–Crippen MR) is 67.3 cm³/mol. The van der Waals surface area contributed by atoms with Crippen LogP contribution < -0.4 is 11.1 Å². The minimum atomic E-state index is -0.736. The van der Waals surface area contributed by atoms with Gasteiger partial charge >= 0.3 is 6.03 Å². The number of halogens is 1. The first kappa shape index (κ1) is 11.5. The third-order valence-electron chi connectivity index (χ3n) is 2.14. The Balaban J connectivity index is 2.39. The maximum absolute atomic E-state index is 11.5. The van der Waals surface area contributed by atoms with E-state index in [1.807, 2.05) is 24.3 Å². The number of aliphatic imine (C=N–C) groups is 1. The summed E-state index contributed by atoms with van der Waals surface area (Å²) < 4.78 is 0.935. The molecule has 1 aliphatic rings. The molecule has 0 unspecified atom stereocenters. The Morgan fingerprint density at radius 3 is 2.47 bits per heavy atom. The number of benzene rings is 1. The summed E-state index contributed by atoms with van der Waals surface area (Å²) in [6, 6.07) is 6.57. The molecular weight excluding hydrogens is 286 g/mol. The van der Waals surface area contributed by atoms with Crippen molar-refractivity contribution in [3.63, 3.8) is 0 Å². The van der Waals surface area contributed by atoms with E-state index in [0.717, 1.165) is 10.0 Å². The number of carbonyl (C=O) groups is 2. The molecule has 3 N–H and O–H groups in total. The molecule has 1 heterocycles. The van der Waals surface area contributed by atoms with Gasteiger partial charge in [-0.3, -0.25) is 10.1 Å². The van der Waals surface area contributed by atoms with Crippen LogP contribution in [-0.4, -0.2) is 17.8 Å². The van der Waals surface area contributed by atoms with Gasteiger partial charge in [0.05, 0.1) is 5.57 Å². The van der Waals surface area contributed by atoms with Gasteiger partial charge in [0.1, 0.15) is 5.84 Å². The molecule has 0 saturated heterocycles. The lowest BCUT2D eigenvalue weighted by atomic mass is 10.1. The molecule has 5 nitrogen and oxygen atoms in total. The first-order valence-corrected chi connectivity index (χ1v) is 5.52. The van der Waals surface area contributed by atoms with Crippen LogP contribution in [0.15, 0.2) is 39.3 Å². The number of hydrogen-bond acceptors (Lipinski definition) is 3. The summed E-state index contributed by atoms with van der Waals surface area (Å²) in [6.45, 7) is 0. The number of urea groups is 1. The lowest BCUT2D eigenvalue weighted by molar-refractivity contribution is -0.116. The molecule has 0 atom stereocenters. The van der Waals surface area contributed by atoms with Crippen molar-refractivity contribution in [2.75, 3.05) is 0 Å². The molecule has 3 amide bonds. The second kappa shape index (κ2) is 4.50. The number of carbonyl (C=O) groups excluding carboxylic acids is 2. The topological polar surface area (TPSA) is 84.5 Å². The number of rotatable bonds is 1. The number of amidine groups is 1. The number of hydrogen-bond donors (Lipinski definition) is 2. The van der Waals surface area contributed by atoms with Crippen molar-refractivity contribution in [3.8, 4) is 0 Å². The van der Waals surface area contributed by atoms with Crippen molar-refractivity contribution in [1.82, 2.24) is 5.32 Å². The van der Waals surface area contributed by atoms with Crippen LogP contribution in [0.1, 0.15) is 5.56 Å². The zero-order chi connectivity index (χ0) is 12.4. The summed E-state index contributed by atoms with van der Waals surface area (Å²) in [5, 5.41) is 2.07. The fourth-order valence-electron chi connectivity index (χ4n) is 1.34. The summed E-state index contributed by atoms with van der Waals surface area (Å²) in [5.41, 5.74) is 6.51. The highest BCUT2D eigenvalue weighted by Crippen LogP contribution is 2.14. The van der Waals surface area contributed by atoms with Crippen molar-refractivity contribution in [1.29, 1.82) is 0 Å². The van der Waals surface area contributed by atoms with Crippen LogP contribution in [0.5, 0.6) is 0 Å². The van der Waals surface area contributed by atoms with Gasteiger partial charge in [-0.2, -0.15) is 4.99 Å². The Kier molecular flexibility index (Phi) is 3.06. The van der Waals surface area contributed by atoms with Crippen LogP contribution in [0.4, 0.5) is 4.79 Å². The molecule has 86 valence electrons. The quantitative estimate of drug-likeness (QED) is 0.769. The van der Waals surface area contributed by atoms with Gasteiger partial charge in [-0.1, -0.05) is 28.1 Å². The first-order chi connectivity index (χ1) is 8.06. The number of nitrogens with one attached hydrogen (secondary N) is 1. The van der Waals surface area contributed by atoms with Crippen LogP contribution in [-0.2, 0) is 4.79 Å². The van der Waals surface area contributed by atoms with E-state index < -0.39 is 11.9 Å². The average Bonchev–Trinajstić information content (AvgIpc) is 2.26. The summed E-state index contributed by atoms with van der Waals surface area (Å²) in [5.74, 6) is -0.605. The zero-order valence-electron chi connectivity index (χ0n) is 8.61. The molecule has 0 fully saturated rings. The highest BCUT2D eigenvalue weighted by Gasteiger charge is 2.22. The fraction of sp³-hybridized carbons (Fsp3) is 0. The van der Waals surface area contributed by atoms with Crippen LogP contribution >= 0.6 is 15.9 Å². The summed E-state index contributed by atoms with van der Waals surface area (Å²) in [6.07, 6.45) is 1.58. The Hall–Kier alpha value is -1.95. The van der Waals surface area contributed by atoms with Crippen molar-refractivity contribution in [2.45, 2.75) is 0 Å². The normalized spacial score (nSPS) is 17.9. The molecule has 1 aliphatic heterocycles. The number of imide groups is 1. The van der Waals surface area contributed by atoms with Gasteiger partial charge in [0, 0.05) is 4.47 Å². The predicted octanol–water partition coefficient (Wildman–Crippen LogP) is 1.44. The van der Waals surface area contributed by atoms with Crippen molar-refractivity contribution < 1.29 is 9.59 Å². The summed E-state index contributed by atoms with van der Waals surface area (Å²) >= 11 is 3.31. The van der Waals surface area contributed by atoms with Crippen LogP contribution in [0.25, 0.3) is 6.08 Å². The smallest absolute Gasteiger partial charge is 0.349 e.